The van der Waals surface area contributed by atoms with Crippen LogP contribution in [0, 0.1) is 5.92 Å². The maximum atomic E-state index is 13.2. The van der Waals surface area contributed by atoms with Gasteiger partial charge in [0.15, 0.2) is 0 Å². The van der Waals surface area contributed by atoms with Crippen LogP contribution in [0.1, 0.15) is 35.2 Å². The molecule has 9 heteroatoms. The van der Waals surface area contributed by atoms with E-state index in [0.29, 0.717) is 23.7 Å². The largest absolute Gasteiger partial charge is 0.497 e. The summed E-state index contributed by atoms with van der Waals surface area (Å²) in [5.74, 6) is -1.92. The Morgan fingerprint density at radius 2 is 1.68 bits per heavy atom. The van der Waals surface area contributed by atoms with E-state index in [2.05, 4.69) is 15.5 Å². The van der Waals surface area contributed by atoms with E-state index in [1.54, 1.807) is 48.5 Å². The number of hydrogen-bond acceptors (Lipinski definition) is 6. The van der Waals surface area contributed by atoms with Crippen molar-refractivity contribution >= 4 is 23.5 Å². The van der Waals surface area contributed by atoms with Crippen LogP contribution in [-0.2, 0) is 25.6 Å². The molecule has 0 radical (unpaired) electrons. The lowest BCUT2D eigenvalue weighted by Gasteiger charge is -2.23. The third-order valence-corrected chi connectivity index (χ3v) is 5.55. The van der Waals surface area contributed by atoms with E-state index in [4.69, 9.17) is 4.74 Å². The van der Waals surface area contributed by atoms with E-state index >= 15 is 0 Å². The van der Waals surface area contributed by atoms with E-state index in [-0.39, 0.29) is 6.42 Å². The van der Waals surface area contributed by atoms with E-state index in [9.17, 15) is 19.2 Å². The fraction of sp³-hybridized carbons (Fsp3) is 0.360. The molecule has 3 N–H and O–H groups in total. The van der Waals surface area contributed by atoms with Gasteiger partial charge < -0.3 is 15.4 Å². The monoisotopic (exact) mass is 467 g/mol. The van der Waals surface area contributed by atoms with Gasteiger partial charge in [-0.3, -0.25) is 24.0 Å². The first-order valence-electron chi connectivity index (χ1n) is 11.1. The molecule has 0 heterocycles. The lowest BCUT2D eigenvalue weighted by molar-refractivity contribution is -0.146. The molecule has 1 aliphatic rings. The number of hydrogen-bond donors (Lipinski definition) is 3. The quantitative estimate of drug-likeness (QED) is 0.322. The maximum Gasteiger partial charge on any atom is 0.313 e. The van der Waals surface area contributed by atoms with Crippen molar-refractivity contribution < 1.29 is 28.8 Å². The zero-order valence-corrected chi connectivity index (χ0v) is 19.2. The molecule has 1 fully saturated rings. The Labute approximate surface area is 198 Å². The van der Waals surface area contributed by atoms with Gasteiger partial charge in [-0.25, -0.2) is 5.48 Å². The number of carbonyl (C=O) groups is 4. The normalized spacial score (nSPS) is 14.4. The highest BCUT2D eigenvalue weighted by atomic mass is 16.6. The van der Waals surface area contributed by atoms with Gasteiger partial charge in [-0.15, -0.1) is 0 Å². The van der Waals surface area contributed by atoms with Crippen LogP contribution in [0.2, 0.25) is 0 Å². The molecule has 0 spiro atoms. The molecule has 0 bridgehead atoms. The number of ether oxygens (including phenoxy) is 1. The van der Waals surface area contributed by atoms with Crippen molar-refractivity contribution in [3.05, 3.63) is 65.7 Å². The number of amides is 3. The molecule has 180 valence electrons. The lowest BCUT2D eigenvalue weighted by atomic mass is 10.0. The predicted molar refractivity (Wildman–Crippen MR) is 124 cm³/mol. The summed E-state index contributed by atoms with van der Waals surface area (Å²) in [5, 5.41) is 5.45. The number of Topliss-reactive ketones (excluding diaryl/α,β-unsaturated/α-hetero) is 1. The zero-order valence-electron chi connectivity index (χ0n) is 19.2. The molecular weight excluding hydrogens is 438 g/mol. The minimum Gasteiger partial charge on any atom is -0.497 e. The van der Waals surface area contributed by atoms with E-state index in [1.807, 2.05) is 11.5 Å². The third kappa shape index (κ3) is 7.14. The fourth-order valence-electron chi connectivity index (χ4n) is 3.56. The minimum absolute atomic E-state index is 0.114. The highest BCUT2D eigenvalue weighted by molar-refractivity contribution is 6.38. The van der Waals surface area contributed by atoms with Gasteiger partial charge in [-0.2, -0.15) is 0 Å². The van der Waals surface area contributed by atoms with Gasteiger partial charge in [0.1, 0.15) is 17.8 Å². The summed E-state index contributed by atoms with van der Waals surface area (Å²) in [4.78, 5) is 55.5. The number of carbonyl (C=O) groups excluding carboxylic acids is 4. The van der Waals surface area contributed by atoms with Crippen LogP contribution >= 0.6 is 0 Å². The maximum absolute atomic E-state index is 13.2. The smallest absolute Gasteiger partial charge is 0.313 e. The van der Waals surface area contributed by atoms with E-state index in [1.165, 1.54) is 14.2 Å². The van der Waals surface area contributed by atoms with Gasteiger partial charge in [-0.05, 0) is 36.1 Å². The molecule has 1 saturated carbocycles. The summed E-state index contributed by atoms with van der Waals surface area (Å²) in [6, 6.07) is 13.7. The molecule has 1 aliphatic carbocycles. The van der Waals surface area contributed by atoms with Gasteiger partial charge in [0.2, 0.25) is 11.7 Å². The average molecular weight is 468 g/mol. The first kappa shape index (κ1) is 24.9. The van der Waals surface area contributed by atoms with E-state index in [0.717, 1.165) is 18.4 Å². The van der Waals surface area contributed by atoms with Crippen LogP contribution < -0.4 is 20.9 Å². The van der Waals surface area contributed by atoms with Crippen molar-refractivity contribution in [1.82, 2.24) is 16.1 Å². The molecule has 34 heavy (non-hydrogen) atoms. The lowest BCUT2D eigenvalue weighted by Crippen LogP contribution is -2.54. The van der Waals surface area contributed by atoms with Crippen molar-refractivity contribution in [2.45, 2.75) is 37.8 Å². The molecule has 2 aromatic carbocycles. The average Bonchev–Trinajstić information content (AvgIpc) is 3.67. The Hall–Kier alpha value is -3.72. The van der Waals surface area contributed by atoms with Gasteiger partial charge in [0, 0.05) is 12.0 Å². The summed E-state index contributed by atoms with van der Waals surface area (Å²) in [6.07, 6.45) is 2.50. The van der Waals surface area contributed by atoms with Crippen LogP contribution in [-0.4, -0.2) is 49.8 Å². The Bertz CT molecular complexity index is 1020. The van der Waals surface area contributed by atoms with Crippen LogP contribution in [0.3, 0.4) is 0 Å². The molecule has 9 nitrogen and oxygen atoms in total. The molecule has 2 unspecified atom stereocenters. The fourth-order valence-corrected chi connectivity index (χ4v) is 3.56. The van der Waals surface area contributed by atoms with Crippen LogP contribution in [0.5, 0.6) is 5.75 Å². The van der Waals surface area contributed by atoms with Gasteiger partial charge in [0.25, 0.3) is 5.91 Å². The van der Waals surface area contributed by atoms with E-state index < -0.39 is 35.6 Å². The predicted octanol–water partition coefficient (Wildman–Crippen LogP) is 1.57. The Balaban J connectivity index is 1.76. The number of ketones is 1. The molecule has 2 atom stereocenters. The first-order valence-corrected chi connectivity index (χ1v) is 11.1. The second-order valence-electron chi connectivity index (χ2n) is 8.19. The third-order valence-electron chi connectivity index (χ3n) is 5.55. The van der Waals surface area contributed by atoms with Gasteiger partial charge in [0.05, 0.1) is 14.2 Å². The Morgan fingerprint density at radius 1 is 0.941 bits per heavy atom. The first-order chi connectivity index (χ1) is 16.4. The van der Waals surface area contributed by atoms with Gasteiger partial charge in [-0.1, -0.05) is 49.2 Å². The van der Waals surface area contributed by atoms with Crippen LogP contribution in [0.4, 0.5) is 0 Å². The summed E-state index contributed by atoms with van der Waals surface area (Å²) < 4.78 is 5.16. The highest BCUT2D eigenvalue weighted by Crippen LogP contribution is 2.33. The number of nitrogens with one attached hydrogen (secondary N) is 3. The zero-order chi connectivity index (χ0) is 24.5. The van der Waals surface area contributed by atoms with Crippen molar-refractivity contribution in [3.63, 3.8) is 0 Å². The van der Waals surface area contributed by atoms with Crippen molar-refractivity contribution in [3.8, 4) is 5.75 Å². The molecule has 3 amide bonds. The molecule has 0 aliphatic heterocycles. The summed E-state index contributed by atoms with van der Waals surface area (Å²) >= 11 is 0. The highest BCUT2D eigenvalue weighted by Gasteiger charge is 2.34. The summed E-state index contributed by atoms with van der Waals surface area (Å²) in [5.41, 5.74) is 3.12. The Kier molecular flexibility index (Phi) is 8.75. The molecule has 3 rings (SSSR count). The van der Waals surface area contributed by atoms with Gasteiger partial charge >= 0.3 is 5.91 Å². The number of hydroxylamine groups is 1. The topological polar surface area (TPSA) is 123 Å². The molecule has 0 saturated heterocycles. The molecule has 0 aromatic heterocycles. The van der Waals surface area contributed by atoms with Crippen molar-refractivity contribution in [2.75, 3.05) is 14.2 Å². The number of benzene rings is 2. The second-order valence-corrected chi connectivity index (χ2v) is 8.19. The molecule has 2 aromatic rings. The standard InChI is InChI=1S/C25H29N3O6/c1-33-19-10-6-9-18(15-19)23(30)27-21(14-17-11-12-17)24(31)26-20(22(29)25(32)28-34-2)13-16-7-4-3-5-8-16/h3-10,15,17,20-21H,11-14H2,1-2H3,(H,26,31)(H,27,30)(H,28,32). The van der Waals surface area contributed by atoms with Crippen LogP contribution in [0.15, 0.2) is 54.6 Å². The number of methoxy groups -OCH3 is 1. The minimum atomic E-state index is -1.12. The summed E-state index contributed by atoms with van der Waals surface area (Å²) in [7, 11) is 2.72. The summed E-state index contributed by atoms with van der Waals surface area (Å²) in [6.45, 7) is 0. The SMILES string of the molecule is CONC(=O)C(=O)C(Cc1ccccc1)NC(=O)C(CC1CC1)NC(=O)c1cccc(OC)c1. The Morgan fingerprint density at radius 3 is 2.32 bits per heavy atom. The second kappa shape index (κ2) is 11.9. The van der Waals surface area contributed by atoms with Crippen LogP contribution in [0.25, 0.3) is 0 Å². The van der Waals surface area contributed by atoms with Crippen molar-refractivity contribution in [2.24, 2.45) is 5.92 Å². The van der Waals surface area contributed by atoms with Crippen molar-refractivity contribution in [1.29, 1.82) is 0 Å². The molecular formula is C25H29N3O6. The number of rotatable bonds is 12.